The van der Waals surface area contributed by atoms with Crippen LogP contribution in [-0.4, -0.2) is 58.0 Å². The molecule has 1 aromatic carbocycles. The van der Waals surface area contributed by atoms with E-state index in [1.165, 1.54) is 0 Å². The molecule has 0 saturated heterocycles. The Morgan fingerprint density at radius 1 is 1.14 bits per heavy atom. The second kappa shape index (κ2) is 9.81. The van der Waals surface area contributed by atoms with Crippen LogP contribution in [0.5, 0.6) is 0 Å². The first-order chi connectivity index (χ1) is 14.0. The number of aliphatic hydroxyl groups is 1. The van der Waals surface area contributed by atoms with Gasteiger partial charge in [0.05, 0.1) is 11.8 Å². The number of benzene rings is 1. The fourth-order valence-electron chi connectivity index (χ4n) is 3.13. The Balaban J connectivity index is 1.65. The third-order valence-corrected chi connectivity index (χ3v) is 4.47. The standard InChI is InChI=1S/C21H26N6O2/c1-26(2)15-17(19(28)16-8-4-3-5-9-16)14-23-21(29)25-18-10-6-11-22-20(18)27-13-7-12-24-27/h3-13,17,19,28H,14-15H2,1-2H3,(H2,23,25,29)/t17-,19-/m1/s1. The molecule has 29 heavy (non-hydrogen) atoms. The van der Waals surface area contributed by atoms with Crippen LogP contribution in [0.3, 0.4) is 0 Å². The van der Waals surface area contributed by atoms with E-state index >= 15 is 0 Å². The van der Waals surface area contributed by atoms with Crippen LogP contribution in [0.1, 0.15) is 11.7 Å². The van der Waals surface area contributed by atoms with Crippen molar-refractivity contribution in [1.29, 1.82) is 0 Å². The molecule has 0 unspecified atom stereocenters. The summed E-state index contributed by atoms with van der Waals surface area (Å²) < 4.78 is 1.59. The quantitative estimate of drug-likeness (QED) is 0.545. The summed E-state index contributed by atoms with van der Waals surface area (Å²) in [5.41, 5.74) is 1.37. The maximum Gasteiger partial charge on any atom is 0.319 e. The number of nitrogens with zero attached hydrogens (tertiary/aromatic N) is 4. The van der Waals surface area contributed by atoms with Gasteiger partial charge in [-0.1, -0.05) is 30.3 Å². The summed E-state index contributed by atoms with van der Waals surface area (Å²) in [5.74, 6) is 0.361. The molecule has 0 radical (unpaired) electrons. The van der Waals surface area contributed by atoms with Gasteiger partial charge in [0, 0.05) is 37.6 Å². The molecule has 0 aliphatic rings. The largest absolute Gasteiger partial charge is 0.388 e. The van der Waals surface area contributed by atoms with Crippen molar-refractivity contribution in [3.8, 4) is 5.82 Å². The maximum atomic E-state index is 12.5. The zero-order valence-electron chi connectivity index (χ0n) is 16.6. The summed E-state index contributed by atoms with van der Waals surface area (Å²) in [6.45, 7) is 0.944. The van der Waals surface area contributed by atoms with Gasteiger partial charge in [-0.3, -0.25) is 0 Å². The van der Waals surface area contributed by atoms with Gasteiger partial charge in [-0.2, -0.15) is 5.10 Å². The van der Waals surface area contributed by atoms with Crippen LogP contribution in [-0.2, 0) is 0 Å². The van der Waals surface area contributed by atoms with E-state index in [2.05, 4.69) is 20.7 Å². The second-order valence-electron chi connectivity index (χ2n) is 7.04. The van der Waals surface area contributed by atoms with E-state index in [4.69, 9.17) is 0 Å². The Labute approximate surface area is 170 Å². The number of hydrogen-bond donors (Lipinski definition) is 3. The number of rotatable bonds is 8. The molecule has 0 saturated carbocycles. The lowest BCUT2D eigenvalue weighted by Gasteiger charge is -2.26. The highest BCUT2D eigenvalue weighted by atomic mass is 16.3. The summed E-state index contributed by atoms with van der Waals surface area (Å²) in [7, 11) is 3.88. The van der Waals surface area contributed by atoms with Gasteiger partial charge < -0.3 is 20.6 Å². The zero-order chi connectivity index (χ0) is 20.6. The average Bonchev–Trinajstić information content (AvgIpc) is 3.26. The van der Waals surface area contributed by atoms with Gasteiger partial charge >= 0.3 is 6.03 Å². The molecular weight excluding hydrogens is 368 g/mol. The van der Waals surface area contributed by atoms with Crippen molar-refractivity contribution in [2.75, 3.05) is 32.5 Å². The molecule has 2 amide bonds. The van der Waals surface area contributed by atoms with Gasteiger partial charge in [-0.05, 0) is 37.9 Å². The fourth-order valence-corrected chi connectivity index (χ4v) is 3.13. The lowest BCUT2D eigenvalue weighted by molar-refractivity contribution is 0.0911. The van der Waals surface area contributed by atoms with E-state index in [1.807, 2.05) is 49.3 Å². The van der Waals surface area contributed by atoms with Crippen molar-refractivity contribution in [3.63, 3.8) is 0 Å². The van der Waals surface area contributed by atoms with Crippen molar-refractivity contribution < 1.29 is 9.90 Å². The Hall–Kier alpha value is -3.23. The molecule has 3 N–H and O–H groups in total. The van der Waals surface area contributed by atoms with Gasteiger partial charge in [0.1, 0.15) is 0 Å². The second-order valence-corrected chi connectivity index (χ2v) is 7.04. The first-order valence-corrected chi connectivity index (χ1v) is 9.42. The molecule has 0 bridgehead atoms. The third-order valence-electron chi connectivity index (χ3n) is 4.47. The monoisotopic (exact) mass is 394 g/mol. The number of amides is 2. The predicted octanol–water partition coefficient (Wildman–Crippen LogP) is 2.30. The number of anilines is 1. The highest BCUT2D eigenvalue weighted by Gasteiger charge is 2.22. The van der Waals surface area contributed by atoms with Crippen molar-refractivity contribution in [2.45, 2.75) is 6.10 Å². The molecule has 0 fully saturated rings. The topological polar surface area (TPSA) is 95.3 Å². The molecule has 8 nitrogen and oxygen atoms in total. The molecule has 8 heteroatoms. The highest BCUT2D eigenvalue weighted by molar-refractivity contribution is 5.90. The van der Waals surface area contributed by atoms with Crippen molar-refractivity contribution in [2.24, 2.45) is 5.92 Å². The molecular formula is C21H26N6O2. The number of carbonyl (C=O) groups excluding carboxylic acids is 1. The van der Waals surface area contributed by atoms with Gasteiger partial charge in [0.25, 0.3) is 0 Å². The molecule has 0 aliphatic carbocycles. The summed E-state index contributed by atoms with van der Waals surface area (Å²) in [5, 5.41) is 20.6. The minimum absolute atomic E-state index is 0.169. The van der Waals surface area contributed by atoms with Crippen molar-refractivity contribution in [1.82, 2.24) is 25.0 Å². The summed E-state index contributed by atoms with van der Waals surface area (Å²) in [6, 6.07) is 14.4. The Morgan fingerprint density at radius 2 is 1.93 bits per heavy atom. The van der Waals surface area contributed by atoms with Crippen molar-refractivity contribution >= 4 is 11.7 Å². The van der Waals surface area contributed by atoms with Gasteiger partial charge in [0.15, 0.2) is 5.82 Å². The van der Waals surface area contributed by atoms with Gasteiger partial charge in [-0.15, -0.1) is 0 Å². The van der Waals surface area contributed by atoms with Crippen LogP contribution >= 0.6 is 0 Å². The minimum atomic E-state index is -0.683. The van der Waals surface area contributed by atoms with E-state index in [-0.39, 0.29) is 11.9 Å². The maximum absolute atomic E-state index is 12.5. The number of urea groups is 1. The summed E-state index contributed by atoms with van der Waals surface area (Å²) in [6.07, 6.45) is 4.37. The number of pyridine rings is 1. The number of hydrogen-bond acceptors (Lipinski definition) is 5. The SMILES string of the molecule is CN(C)C[C@@H](CNC(=O)Nc1cccnc1-n1cccn1)[C@H](O)c1ccccc1. The normalized spacial score (nSPS) is 13.1. The van der Waals surface area contributed by atoms with Gasteiger partial charge in [0.2, 0.25) is 0 Å². The van der Waals surface area contributed by atoms with Crippen LogP contribution in [0, 0.1) is 5.92 Å². The highest BCUT2D eigenvalue weighted by Crippen LogP contribution is 2.22. The lowest BCUT2D eigenvalue weighted by Crippen LogP contribution is -2.39. The summed E-state index contributed by atoms with van der Waals surface area (Å²) >= 11 is 0. The molecule has 152 valence electrons. The molecule has 2 atom stereocenters. The fraction of sp³-hybridized carbons (Fsp3) is 0.286. The Bertz CT molecular complexity index is 899. The zero-order valence-corrected chi connectivity index (χ0v) is 16.6. The minimum Gasteiger partial charge on any atom is -0.388 e. The Morgan fingerprint density at radius 3 is 2.62 bits per heavy atom. The van der Waals surface area contributed by atoms with E-state index < -0.39 is 6.10 Å². The van der Waals surface area contributed by atoms with Gasteiger partial charge in [-0.25, -0.2) is 14.5 Å². The molecule has 0 aliphatic heterocycles. The molecule has 2 aromatic heterocycles. The summed E-state index contributed by atoms with van der Waals surface area (Å²) in [4.78, 5) is 18.8. The number of aliphatic hydroxyl groups excluding tert-OH is 1. The molecule has 3 aromatic rings. The van der Waals surface area contributed by atoms with E-state index in [0.717, 1.165) is 5.56 Å². The van der Waals surface area contributed by atoms with Crippen LogP contribution < -0.4 is 10.6 Å². The van der Waals surface area contributed by atoms with Crippen LogP contribution in [0.4, 0.5) is 10.5 Å². The van der Waals surface area contributed by atoms with Crippen LogP contribution in [0.2, 0.25) is 0 Å². The average molecular weight is 394 g/mol. The predicted molar refractivity (Wildman–Crippen MR) is 112 cm³/mol. The van der Waals surface area contributed by atoms with E-state index in [9.17, 15) is 9.90 Å². The van der Waals surface area contributed by atoms with Crippen molar-refractivity contribution in [3.05, 3.63) is 72.7 Å². The van der Waals surface area contributed by atoms with Crippen LogP contribution in [0.25, 0.3) is 5.82 Å². The third kappa shape index (κ3) is 5.63. The van der Waals surface area contributed by atoms with E-state index in [1.54, 1.807) is 41.5 Å². The molecule has 0 spiro atoms. The molecule has 3 rings (SSSR count). The smallest absolute Gasteiger partial charge is 0.319 e. The first-order valence-electron chi connectivity index (χ1n) is 9.42. The number of aromatic nitrogens is 3. The van der Waals surface area contributed by atoms with Crippen LogP contribution in [0.15, 0.2) is 67.1 Å². The van der Waals surface area contributed by atoms with E-state index in [0.29, 0.717) is 24.6 Å². The number of nitrogens with one attached hydrogen (secondary N) is 2. The molecule has 2 heterocycles. The Kier molecular flexibility index (Phi) is 6.94. The number of carbonyl (C=O) groups is 1. The lowest BCUT2D eigenvalue weighted by atomic mass is 9.95. The first kappa shape index (κ1) is 20.5.